The summed E-state index contributed by atoms with van der Waals surface area (Å²) in [6, 6.07) is 30.3. The number of hydrogen-bond acceptors (Lipinski definition) is 4. The third-order valence-corrected chi connectivity index (χ3v) is 6.60. The molecule has 4 aromatic carbocycles. The Labute approximate surface area is 237 Å². The fourth-order valence-electron chi connectivity index (χ4n) is 4.42. The van der Waals surface area contributed by atoms with Gasteiger partial charge in [0, 0.05) is 24.0 Å². The maximum Gasteiger partial charge on any atom is 0.257 e. The zero-order valence-electron chi connectivity index (χ0n) is 22.8. The van der Waals surface area contributed by atoms with E-state index in [1.165, 1.54) is 23.1 Å². The number of nitrogens with zero attached hydrogens (tertiary/aromatic N) is 3. The average molecular weight is 549 g/mol. The highest BCUT2D eigenvalue weighted by molar-refractivity contribution is 5.99. The van der Waals surface area contributed by atoms with Crippen molar-refractivity contribution in [2.75, 3.05) is 19.0 Å². The van der Waals surface area contributed by atoms with E-state index in [4.69, 9.17) is 9.72 Å². The fourth-order valence-corrected chi connectivity index (χ4v) is 4.42. The van der Waals surface area contributed by atoms with Gasteiger partial charge in [0.2, 0.25) is 11.9 Å². The number of aromatic nitrogens is 2. The molecule has 1 aromatic heterocycles. The molecule has 5 aromatic rings. The van der Waals surface area contributed by atoms with Gasteiger partial charge in [0.25, 0.3) is 5.91 Å². The van der Waals surface area contributed by atoms with Crippen LogP contribution in [-0.2, 0) is 11.3 Å². The van der Waals surface area contributed by atoms with E-state index >= 15 is 0 Å². The first-order chi connectivity index (χ1) is 19.9. The molecule has 0 saturated carbocycles. The smallest absolute Gasteiger partial charge is 0.257 e. The average Bonchev–Trinajstić information content (AvgIpc) is 3.41. The van der Waals surface area contributed by atoms with Crippen molar-refractivity contribution in [2.45, 2.75) is 13.5 Å². The van der Waals surface area contributed by atoms with Gasteiger partial charge >= 0.3 is 0 Å². The molecule has 5 rings (SSSR count). The first kappa shape index (κ1) is 27.3. The number of imidazole rings is 1. The van der Waals surface area contributed by atoms with Crippen LogP contribution >= 0.6 is 0 Å². The topological polar surface area (TPSA) is 76.5 Å². The van der Waals surface area contributed by atoms with E-state index < -0.39 is 17.6 Å². The predicted molar refractivity (Wildman–Crippen MR) is 157 cm³/mol. The summed E-state index contributed by atoms with van der Waals surface area (Å²) in [4.78, 5) is 32.9. The number of benzene rings is 4. The van der Waals surface area contributed by atoms with Crippen molar-refractivity contribution in [1.29, 1.82) is 0 Å². The Morgan fingerprint density at radius 1 is 0.902 bits per heavy atom. The van der Waals surface area contributed by atoms with Crippen LogP contribution in [-0.4, -0.2) is 39.9 Å². The minimum absolute atomic E-state index is 0.0980. The quantitative estimate of drug-likeness (QED) is 0.235. The molecule has 0 radical (unpaired) electrons. The van der Waals surface area contributed by atoms with Crippen molar-refractivity contribution in [1.82, 2.24) is 14.5 Å². The lowest BCUT2D eigenvalue weighted by Gasteiger charge is -2.23. The summed E-state index contributed by atoms with van der Waals surface area (Å²) in [5, 5.41) is 2.87. The van der Waals surface area contributed by atoms with E-state index in [-0.39, 0.29) is 18.7 Å². The third-order valence-electron chi connectivity index (χ3n) is 6.60. The molecular formula is C33H29FN4O3. The Balaban J connectivity index is 1.45. The monoisotopic (exact) mass is 548 g/mol. The van der Waals surface area contributed by atoms with Gasteiger partial charge in [-0.2, -0.15) is 0 Å². The number of hydrogen-bond donors (Lipinski definition) is 1. The first-order valence-corrected chi connectivity index (χ1v) is 13.1. The minimum Gasteiger partial charge on any atom is -0.497 e. The van der Waals surface area contributed by atoms with Gasteiger partial charge in [0.05, 0.1) is 18.4 Å². The SMILES string of the molecule is COc1ccc(-c2cn(-c3ccc(C)cc3)c(NC(=O)CN(Cc3ccccc3)C(=O)c3ccccc3F)n2)cc1. The van der Waals surface area contributed by atoms with Crippen molar-refractivity contribution < 1.29 is 18.7 Å². The van der Waals surface area contributed by atoms with Crippen molar-refractivity contribution in [2.24, 2.45) is 0 Å². The molecule has 0 unspecified atom stereocenters. The molecule has 0 bridgehead atoms. The third kappa shape index (κ3) is 6.50. The number of rotatable bonds is 9. The van der Waals surface area contributed by atoms with Crippen LogP contribution in [0, 0.1) is 12.7 Å². The van der Waals surface area contributed by atoms with Crippen LogP contribution in [0.4, 0.5) is 10.3 Å². The van der Waals surface area contributed by atoms with Gasteiger partial charge in [-0.25, -0.2) is 9.37 Å². The van der Waals surface area contributed by atoms with Crippen molar-refractivity contribution in [3.8, 4) is 22.7 Å². The molecular weight excluding hydrogens is 519 g/mol. The Bertz CT molecular complexity index is 1650. The number of amides is 2. The predicted octanol–water partition coefficient (Wildman–Crippen LogP) is 6.28. The van der Waals surface area contributed by atoms with Gasteiger partial charge in [0.1, 0.15) is 18.1 Å². The second-order valence-corrected chi connectivity index (χ2v) is 9.56. The van der Waals surface area contributed by atoms with Gasteiger partial charge in [0.15, 0.2) is 0 Å². The molecule has 7 nitrogen and oxygen atoms in total. The zero-order chi connectivity index (χ0) is 28.8. The number of halogens is 1. The number of carbonyl (C=O) groups is 2. The molecule has 206 valence electrons. The minimum atomic E-state index is -0.644. The summed E-state index contributed by atoms with van der Waals surface area (Å²) in [6.07, 6.45) is 1.84. The van der Waals surface area contributed by atoms with Crippen LogP contribution < -0.4 is 10.1 Å². The largest absolute Gasteiger partial charge is 0.497 e. The van der Waals surface area contributed by atoms with Crippen LogP contribution in [0.1, 0.15) is 21.5 Å². The Hall–Kier alpha value is -5.24. The van der Waals surface area contributed by atoms with Crippen molar-refractivity contribution >= 4 is 17.8 Å². The molecule has 0 aliphatic heterocycles. The number of anilines is 1. The lowest BCUT2D eigenvalue weighted by atomic mass is 10.1. The summed E-state index contributed by atoms with van der Waals surface area (Å²) in [6.45, 7) is 1.82. The highest BCUT2D eigenvalue weighted by atomic mass is 19.1. The van der Waals surface area contributed by atoms with Crippen LogP contribution in [0.3, 0.4) is 0 Å². The molecule has 0 aliphatic rings. The van der Waals surface area contributed by atoms with Gasteiger partial charge in [-0.3, -0.25) is 19.5 Å². The van der Waals surface area contributed by atoms with Crippen molar-refractivity contribution in [3.05, 3.63) is 132 Å². The van der Waals surface area contributed by atoms with Gasteiger partial charge < -0.3 is 9.64 Å². The molecule has 41 heavy (non-hydrogen) atoms. The molecule has 8 heteroatoms. The normalized spacial score (nSPS) is 10.7. The van der Waals surface area contributed by atoms with Crippen LogP contribution in [0.25, 0.3) is 16.9 Å². The summed E-state index contributed by atoms with van der Waals surface area (Å²) in [5.41, 5.74) is 4.10. The van der Waals surface area contributed by atoms with Gasteiger partial charge in [-0.15, -0.1) is 0 Å². The van der Waals surface area contributed by atoms with Crippen LogP contribution in [0.15, 0.2) is 109 Å². The summed E-state index contributed by atoms with van der Waals surface area (Å²) in [7, 11) is 1.60. The molecule has 0 spiro atoms. The van der Waals surface area contributed by atoms with E-state index in [1.807, 2.05) is 92.0 Å². The maximum absolute atomic E-state index is 14.5. The number of aryl methyl sites for hydroxylation is 1. The standard InChI is InChI=1S/C33H29FN4O3/c1-23-12-16-26(17-13-23)38-21-30(25-14-18-27(41-2)19-15-25)35-33(38)36-31(39)22-37(20-24-8-4-3-5-9-24)32(40)28-10-6-7-11-29(28)34/h3-19,21H,20,22H2,1-2H3,(H,35,36,39). The molecule has 1 N–H and O–H groups in total. The number of carbonyl (C=O) groups excluding carboxylic acids is 2. The van der Waals surface area contributed by atoms with E-state index in [2.05, 4.69) is 5.32 Å². The fraction of sp³-hybridized carbons (Fsp3) is 0.121. The molecule has 0 atom stereocenters. The molecule has 2 amide bonds. The van der Waals surface area contributed by atoms with E-state index in [1.54, 1.807) is 17.7 Å². The molecule has 1 heterocycles. The Morgan fingerprint density at radius 3 is 2.27 bits per heavy atom. The lowest BCUT2D eigenvalue weighted by molar-refractivity contribution is -0.117. The van der Waals surface area contributed by atoms with Gasteiger partial charge in [-0.05, 0) is 61.0 Å². The van der Waals surface area contributed by atoms with Gasteiger partial charge in [-0.1, -0.05) is 60.2 Å². The lowest BCUT2D eigenvalue weighted by Crippen LogP contribution is -2.38. The summed E-state index contributed by atoms with van der Waals surface area (Å²) < 4.78 is 21.6. The van der Waals surface area contributed by atoms with Crippen LogP contribution in [0.5, 0.6) is 5.75 Å². The maximum atomic E-state index is 14.5. The summed E-state index contributed by atoms with van der Waals surface area (Å²) in [5.74, 6) is -0.676. The second kappa shape index (κ2) is 12.3. The van der Waals surface area contributed by atoms with E-state index in [0.29, 0.717) is 11.6 Å². The first-order valence-electron chi connectivity index (χ1n) is 13.1. The Kier molecular flexibility index (Phi) is 8.20. The zero-order valence-corrected chi connectivity index (χ0v) is 22.8. The number of methoxy groups -OCH3 is 1. The Morgan fingerprint density at radius 2 is 1.59 bits per heavy atom. The summed E-state index contributed by atoms with van der Waals surface area (Å²) >= 11 is 0. The van der Waals surface area contributed by atoms with E-state index in [0.717, 1.165) is 28.1 Å². The number of nitrogens with one attached hydrogen (secondary N) is 1. The highest BCUT2D eigenvalue weighted by Crippen LogP contribution is 2.26. The highest BCUT2D eigenvalue weighted by Gasteiger charge is 2.23. The number of ether oxygens (including phenoxy) is 1. The van der Waals surface area contributed by atoms with Crippen LogP contribution in [0.2, 0.25) is 0 Å². The van der Waals surface area contributed by atoms with E-state index in [9.17, 15) is 14.0 Å². The second-order valence-electron chi connectivity index (χ2n) is 9.56. The van der Waals surface area contributed by atoms with Crippen molar-refractivity contribution in [3.63, 3.8) is 0 Å². The molecule has 0 aliphatic carbocycles. The molecule has 0 saturated heterocycles. The molecule has 0 fully saturated rings.